The Bertz CT molecular complexity index is 648. The number of fused-ring (bicyclic) bond motifs is 1. The van der Waals surface area contributed by atoms with Gasteiger partial charge in [-0.1, -0.05) is 48.6 Å². The van der Waals surface area contributed by atoms with Crippen LogP contribution in [0.4, 0.5) is 0 Å². The van der Waals surface area contributed by atoms with Crippen LogP contribution in [0.2, 0.25) is 0 Å². The number of hydrogen-bond donors (Lipinski definition) is 0. The quantitative estimate of drug-likeness (QED) is 0.582. The first-order chi connectivity index (χ1) is 8.42. The van der Waals surface area contributed by atoms with Crippen LogP contribution in [0.15, 0.2) is 59.3 Å². The van der Waals surface area contributed by atoms with Gasteiger partial charge in [-0.25, -0.2) is 0 Å². The zero-order chi connectivity index (χ0) is 11.5. The van der Waals surface area contributed by atoms with Crippen molar-refractivity contribution in [2.75, 3.05) is 0 Å². The molecule has 0 aliphatic rings. The van der Waals surface area contributed by atoms with E-state index in [1.54, 1.807) is 11.3 Å². The molecule has 0 bridgehead atoms. The smallest absolute Gasteiger partial charge is 0.00208 e. The molecule has 3 aromatic rings. The third-order valence-electron chi connectivity index (χ3n) is 2.78. The van der Waals surface area contributed by atoms with E-state index in [4.69, 9.17) is 0 Å². The average molecular weight is 236 g/mol. The Labute approximate surface area is 105 Å². The predicted molar refractivity (Wildman–Crippen MR) is 77.2 cm³/mol. The summed E-state index contributed by atoms with van der Waals surface area (Å²) in [6.07, 6.45) is 4.31. The molecule has 0 spiro atoms. The first kappa shape index (κ1) is 10.3. The molecule has 0 unspecified atom stereocenters. The molecule has 2 aromatic carbocycles. The third kappa shape index (κ3) is 2.29. The summed E-state index contributed by atoms with van der Waals surface area (Å²) in [7, 11) is 0. The van der Waals surface area contributed by atoms with Crippen LogP contribution in [0.5, 0.6) is 0 Å². The van der Waals surface area contributed by atoms with E-state index in [2.05, 4.69) is 71.4 Å². The molecule has 0 saturated carbocycles. The van der Waals surface area contributed by atoms with Crippen molar-refractivity contribution in [3.63, 3.8) is 0 Å². The third-order valence-corrected chi connectivity index (χ3v) is 3.49. The summed E-state index contributed by atoms with van der Waals surface area (Å²) in [5, 5.41) is 6.83. The van der Waals surface area contributed by atoms with E-state index in [0.717, 1.165) is 0 Å². The summed E-state index contributed by atoms with van der Waals surface area (Å²) in [6.45, 7) is 0. The maximum Gasteiger partial charge on any atom is -0.00208 e. The van der Waals surface area contributed by atoms with Gasteiger partial charge in [-0.2, -0.15) is 11.3 Å². The predicted octanol–water partition coefficient (Wildman–Crippen LogP) is 5.07. The standard InChI is InChI=1S/C16H12S/c1-2-4-16-11-13(7-8-15(16)3-1)5-6-14-9-10-17-12-14/h1-12H. The normalized spacial score (nSPS) is 11.3. The molecule has 3 rings (SSSR count). The van der Waals surface area contributed by atoms with Gasteiger partial charge in [0, 0.05) is 0 Å². The molecule has 0 radical (unpaired) electrons. The van der Waals surface area contributed by atoms with Gasteiger partial charge in [-0.3, -0.25) is 0 Å². The molecule has 0 fully saturated rings. The molecule has 0 aliphatic heterocycles. The second kappa shape index (κ2) is 4.56. The molecule has 0 aliphatic carbocycles. The Balaban J connectivity index is 1.96. The monoisotopic (exact) mass is 236 g/mol. The molecule has 1 heteroatoms. The van der Waals surface area contributed by atoms with Crippen molar-refractivity contribution < 1.29 is 0 Å². The fourth-order valence-electron chi connectivity index (χ4n) is 1.87. The minimum atomic E-state index is 1.25. The van der Waals surface area contributed by atoms with E-state index in [0.29, 0.717) is 0 Å². The molecular weight excluding hydrogens is 224 g/mol. The van der Waals surface area contributed by atoms with Gasteiger partial charge in [0.1, 0.15) is 0 Å². The molecule has 1 aromatic heterocycles. The van der Waals surface area contributed by atoms with Gasteiger partial charge < -0.3 is 0 Å². The van der Waals surface area contributed by atoms with Crippen LogP contribution >= 0.6 is 11.3 Å². The first-order valence-corrected chi connectivity index (χ1v) is 6.55. The highest BCUT2D eigenvalue weighted by Gasteiger charge is 1.93. The number of thiophene rings is 1. The van der Waals surface area contributed by atoms with Crippen LogP contribution in [0.3, 0.4) is 0 Å². The molecule has 82 valence electrons. The van der Waals surface area contributed by atoms with E-state index >= 15 is 0 Å². The highest BCUT2D eigenvalue weighted by molar-refractivity contribution is 7.08. The van der Waals surface area contributed by atoms with Crippen LogP contribution in [0.1, 0.15) is 11.1 Å². The van der Waals surface area contributed by atoms with Gasteiger partial charge >= 0.3 is 0 Å². The largest absolute Gasteiger partial charge is 0.152 e. The van der Waals surface area contributed by atoms with Crippen molar-refractivity contribution >= 4 is 34.3 Å². The summed E-state index contributed by atoms with van der Waals surface area (Å²) in [5.41, 5.74) is 2.51. The van der Waals surface area contributed by atoms with Crippen LogP contribution in [-0.4, -0.2) is 0 Å². The zero-order valence-corrected chi connectivity index (χ0v) is 10.2. The van der Waals surface area contributed by atoms with E-state index in [-0.39, 0.29) is 0 Å². The summed E-state index contributed by atoms with van der Waals surface area (Å²) in [6, 6.07) is 17.1. The zero-order valence-electron chi connectivity index (χ0n) is 9.34. The van der Waals surface area contributed by atoms with Crippen LogP contribution in [0.25, 0.3) is 22.9 Å². The Morgan fingerprint density at radius 3 is 2.41 bits per heavy atom. The Kier molecular flexibility index (Phi) is 2.76. The molecule has 0 saturated heterocycles. The van der Waals surface area contributed by atoms with Crippen LogP contribution in [-0.2, 0) is 0 Å². The van der Waals surface area contributed by atoms with E-state index in [1.807, 2.05) is 0 Å². The van der Waals surface area contributed by atoms with Crippen molar-refractivity contribution in [3.05, 3.63) is 70.4 Å². The van der Waals surface area contributed by atoms with Gasteiger partial charge in [0.25, 0.3) is 0 Å². The topological polar surface area (TPSA) is 0 Å². The molecular formula is C16H12S. The molecule has 1 heterocycles. The number of rotatable bonds is 2. The lowest BCUT2D eigenvalue weighted by Gasteiger charge is -1.98. The summed E-state index contributed by atoms with van der Waals surface area (Å²) < 4.78 is 0. The van der Waals surface area contributed by atoms with Crippen molar-refractivity contribution in [1.82, 2.24) is 0 Å². The summed E-state index contributed by atoms with van der Waals surface area (Å²) in [4.78, 5) is 0. The lowest BCUT2D eigenvalue weighted by Crippen LogP contribution is -1.74. The minimum absolute atomic E-state index is 1.25. The number of benzene rings is 2. The molecule has 0 amide bonds. The van der Waals surface area contributed by atoms with Gasteiger partial charge in [0.15, 0.2) is 0 Å². The highest BCUT2D eigenvalue weighted by Crippen LogP contribution is 2.17. The lowest BCUT2D eigenvalue weighted by atomic mass is 10.1. The van der Waals surface area contributed by atoms with Gasteiger partial charge in [-0.05, 0) is 44.8 Å². The lowest BCUT2D eigenvalue weighted by molar-refractivity contribution is 1.71. The fraction of sp³-hybridized carbons (Fsp3) is 0. The Hall–Kier alpha value is -1.86. The van der Waals surface area contributed by atoms with E-state index in [9.17, 15) is 0 Å². The van der Waals surface area contributed by atoms with Crippen molar-refractivity contribution in [2.45, 2.75) is 0 Å². The SMILES string of the molecule is C(=Cc1ccc2ccccc2c1)c1ccsc1. The maximum absolute atomic E-state index is 2.22. The highest BCUT2D eigenvalue weighted by atomic mass is 32.1. The number of hydrogen-bond acceptors (Lipinski definition) is 1. The minimum Gasteiger partial charge on any atom is -0.152 e. The molecule has 0 nitrogen and oxygen atoms in total. The molecule has 0 N–H and O–H groups in total. The van der Waals surface area contributed by atoms with Gasteiger partial charge in [0.2, 0.25) is 0 Å². The molecule has 0 atom stereocenters. The van der Waals surface area contributed by atoms with Crippen molar-refractivity contribution in [3.8, 4) is 0 Å². The van der Waals surface area contributed by atoms with Gasteiger partial charge in [-0.15, -0.1) is 0 Å². The van der Waals surface area contributed by atoms with Gasteiger partial charge in [0.05, 0.1) is 0 Å². The first-order valence-electron chi connectivity index (χ1n) is 5.61. The molecule has 17 heavy (non-hydrogen) atoms. The van der Waals surface area contributed by atoms with E-state index in [1.165, 1.54) is 21.9 Å². The maximum atomic E-state index is 2.22. The van der Waals surface area contributed by atoms with Crippen LogP contribution in [0, 0.1) is 0 Å². The fourth-order valence-corrected chi connectivity index (χ4v) is 2.50. The van der Waals surface area contributed by atoms with Crippen LogP contribution < -0.4 is 0 Å². The Morgan fingerprint density at radius 1 is 0.765 bits per heavy atom. The Morgan fingerprint density at radius 2 is 1.59 bits per heavy atom. The average Bonchev–Trinajstić information content (AvgIpc) is 2.89. The summed E-state index contributed by atoms with van der Waals surface area (Å²) >= 11 is 1.73. The summed E-state index contributed by atoms with van der Waals surface area (Å²) in [5.74, 6) is 0. The van der Waals surface area contributed by atoms with Crippen molar-refractivity contribution in [2.24, 2.45) is 0 Å². The second-order valence-electron chi connectivity index (χ2n) is 4.00. The second-order valence-corrected chi connectivity index (χ2v) is 4.78. The van der Waals surface area contributed by atoms with Crippen molar-refractivity contribution in [1.29, 1.82) is 0 Å². The van der Waals surface area contributed by atoms with E-state index < -0.39 is 0 Å².